The lowest BCUT2D eigenvalue weighted by Crippen LogP contribution is -2.12. The molecule has 1 aromatic heterocycles. The Morgan fingerprint density at radius 3 is 2.90 bits per heavy atom. The maximum atomic E-state index is 11.7. The number of esters is 1. The standard InChI is InChI=1S/C15H17N3O2/c1-20-15(19)12-5-2-6-13(16)14(12)18-9-7-11-4-3-8-17-10-11/h2-6,8,10,18H,7,9,16H2,1H3. The molecule has 2 aromatic rings. The van der Waals surface area contributed by atoms with Gasteiger partial charge in [-0.15, -0.1) is 0 Å². The van der Waals surface area contributed by atoms with Crippen LogP contribution in [-0.4, -0.2) is 24.6 Å². The van der Waals surface area contributed by atoms with Crippen LogP contribution in [0.2, 0.25) is 0 Å². The van der Waals surface area contributed by atoms with Gasteiger partial charge in [-0.2, -0.15) is 0 Å². The first-order chi connectivity index (χ1) is 9.72. The smallest absolute Gasteiger partial charge is 0.340 e. The second kappa shape index (κ2) is 6.56. The number of nitrogens with zero attached hydrogens (tertiary/aromatic N) is 1. The zero-order valence-corrected chi connectivity index (χ0v) is 11.3. The topological polar surface area (TPSA) is 77.2 Å². The molecule has 1 heterocycles. The average Bonchev–Trinajstić information content (AvgIpc) is 2.49. The summed E-state index contributed by atoms with van der Waals surface area (Å²) in [7, 11) is 1.35. The minimum Gasteiger partial charge on any atom is -0.465 e. The van der Waals surface area contributed by atoms with Gasteiger partial charge in [0.2, 0.25) is 0 Å². The summed E-state index contributed by atoms with van der Waals surface area (Å²) in [5.74, 6) is -0.402. The van der Waals surface area contributed by atoms with E-state index in [1.54, 1.807) is 24.4 Å². The first-order valence-corrected chi connectivity index (χ1v) is 6.32. The number of para-hydroxylation sites is 1. The van der Waals surface area contributed by atoms with Gasteiger partial charge in [0.25, 0.3) is 0 Å². The highest BCUT2D eigenvalue weighted by Gasteiger charge is 2.13. The molecule has 0 aliphatic rings. The van der Waals surface area contributed by atoms with Crippen molar-refractivity contribution in [3.8, 4) is 0 Å². The van der Waals surface area contributed by atoms with E-state index >= 15 is 0 Å². The molecule has 0 bridgehead atoms. The van der Waals surface area contributed by atoms with E-state index in [9.17, 15) is 4.79 Å². The van der Waals surface area contributed by atoms with E-state index < -0.39 is 5.97 Å². The average molecular weight is 271 g/mol. The second-order valence-corrected chi connectivity index (χ2v) is 4.30. The van der Waals surface area contributed by atoms with E-state index in [0.29, 0.717) is 23.5 Å². The summed E-state index contributed by atoms with van der Waals surface area (Å²) in [6.45, 7) is 0.657. The van der Waals surface area contributed by atoms with Gasteiger partial charge in [-0.25, -0.2) is 4.79 Å². The van der Waals surface area contributed by atoms with E-state index in [1.165, 1.54) is 7.11 Å². The summed E-state index contributed by atoms with van der Waals surface area (Å²) in [4.78, 5) is 15.8. The first-order valence-electron chi connectivity index (χ1n) is 6.32. The molecule has 0 unspecified atom stereocenters. The Morgan fingerprint density at radius 1 is 1.35 bits per heavy atom. The molecule has 0 aliphatic carbocycles. The van der Waals surface area contributed by atoms with Crippen molar-refractivity contribution in [3.05, 3.63) is 53.9 Å². The van der Waals surface area contributed by atoms with Crippen LogP contribution >= 0.6 is 0 Å². The van der Waals surface area contributed by atoms with Gasteiger partial charge in [-0.1, -0.05) is 12.1 Å². The highest BCUT2D eigenvalue weighted by atomic mass is 16.5. The van der Waals surface area contributed by atoms with Crippen LogP contribution in [0.4, 0.5) is 11.4 Å². The van der Waals surface area contributed by atoms with Crippen molar-refractivity contribution in [2.45, 2.75) is 6.42 Å². The first kappa shape index (κ1) is 13.9. The van der Waals surface area contributed by atoms with Gasteiger partial charge < -0.3 is 15.8 Å². The van der Waals surface area contributed by atoms with Gasteiger partial charge in [0, 0.05) is 18.9 Å². The Labute approximate surface area is 117 Å². The van der Waals surface area contributed by atoms with Crippen LogP contribution in [-0.2, 0) is 11.2 Å². The molecule has 0 saturated carbocycles. The van der Waals surface area contributed by atoms with Gasteiger partial charge in [0.05, 0.1) is 24.0 Å². The molecule has 2 rings (SSSR count). The molecule has 0 aliphatic heterocycles. The fourth-order valence-corrected chi connectivity index (χ4v) is 1.93. The molecule has 3 N–H and O–H groups in total. The predicted octanol–water partition coefficient (Wildman–Crippen LogP) is 2.10. The number of nitrogens with one attached hydrogen (secondary N) is 1. The van der Waals surface area contributed by atoms with Gasteiger partial charge in [0.1, 0.15) is 0 Å². The Morgan fingerprint density at radius 2 is 2.20 bits per heavy atom. The number of ether oxygens (including phenoxy) is 1. The third-order valence-corrected chi connectivity index (χ3v) is 2.94. The number of aromatic nitrogens is 1. The lowest BCUT2D eigenvalue weighted by molar-refractivity contribution is 0.0602. The normalized spacial score (nSPS) is 10.1. The molecule has 0 amide bonds. The number of anilines is 2. The lowest BCUT2D eigenvalue weighted by Gasteiger charge is -2.13. The van der Waals surface area contributed by atoms with Crippen LogP contribution in [0.1, 0.15) is 15.9 Å². The van der Waals surface area contributed by atoms with Crippen LogP contribution in [0, 0.1) is 0 Å². The Hall–Kier alpha value is -2.56. The number of pyridine rings is 1. The number of benzene rings is 1. The van der Waals surface area contributed by atoms with Crippen molar-refractivity contribution >= 4 is 17.3 Å². The molecule has 0 spiro atoms. The molecule has 0 saturated heterocycles. The summed E-state index contributed by atoms with van der Waals surface area (Å²) >= 11 is 0. The molecule has 5 heteroatoms. The monoisotopic (exact) mass is 271 g/mol. The summed E-state index contributed by atoms with van der Waals surface area (Å²) in [6.07, 6.45) is 4.35. The highest BCUT2D eigenvalue weighted by molar-refractivity contribution is 5.98. The van der Waals surface area contributed by atoms with Gasteiger partial charge in [-0.3, -0.25) is 4.98 Å². The van der Waals surface area contributed by atoms with Crippen LogP contribution in [0.15, 0.2) is 42.7 Å². The van der Waals surface area contributed by atoms with Crippen LogP contribution < -0.4 is 11.1 Å². The largest absolute Gasteiger partial charge is 0.465 e. The third-order valence-electron chi connectivity index (χ3n) is 2.94. The Kier molecular flexibility index (Phi) is 4.55. The summed E-state index contributed by atoms with van der Waals surface area (Å²) in [5, 5.41) is 3.19. The third kappa shape index (κ3) is 3.26. The van der Waals surface area contributed by atoms with E-state index in [0.717, 1.165) is 12.0 Å². The van der Waals surface area contributed by atoms with Gasteiger partial charge in [0.15, 0.2) is 0 Å². The lowest BCUT2D eigenvalue weighted by atomic mass is 10.1. The quantitative estimate of drug-likeness (QED) is 0.643. The maximum absolute atomic E-state index is 11.7. The number of carbonyl (C=O) groups is 1. The molecular weight excluding hydrogens is 254 g/mol. The molecule has 1 aromatic carbocycles. The molecule has 0 fully saturated rings. The molecule has 20 heavy (non-hydrogen) atoms. The highest BCUT2D eigenvalue weighted by Crippen LogP contribution is 2.24. The molecule has 0 radical (unpaired) electrons. The minimum atomic E-state index is -0.402. The van der Waals surface area contributed by atoms with E-state index in [-0.39, 0.29) is 0 Å². The minimum absolute atomic E-state index is 0.402. The number of rotatable bonds is 5. The fraction of sp³-hybridized carbons (Fsp3) is 0.200. The van der Waals surface area contributed by atoms with Crippen molar-refractivity contribution < 1.29 is 9.53 Å². The van der Waals surface area contributed by atoms with Gasteiger partial charge >= 0.3 is 5.97 Å². The van der Waals surface area contributed by atoms with E-state index in [2.05, 4.69) is 10.3 Å². The van der Waals surface area contributed by atoms with Crippen molar-refractivity contribution in [1.82, 2.24) is 4.98 Å². The fourth-order valence-electron chi connectivity index (χ4n) is 1.93. The summed E-state index contributed by atoms with van der Waals surface area (Å²) in [6, 6.07) is 9.07. The Balaban J connectivity index is 2.07. The second-order valence-electron chi connectivity index (χ2n) is 4.30. The van der Waals surface area contributed by atoms with Crippen molar-refractivity contribution in [3.63, 3.8) is 0 Å². The summed E-state index contributed by atoms with van der Waals surface area (Å²) in [5.41, 5.74) is 8.61. The zero-order chi connectivity index (χ0) is 14.4. The number of hydrogen-bond acceptors (Lipinski definition) is 5. The van der Waals surface area contributed by atoms with Crippen LogP contribution in [0.25, 0.3) is 0 Å². The summed E-state index contributed by atoms with van der Waals surface area (Å²) < 4.78 is 4.75. The number of nitrogen functional groups attached to an aromatic ring is 1. The van der Waals surface area contributed by atoms with Gasteiger partial charge in [-0.05, 0) is 30.2 Å². The number of carbonyl (C=O) groups excluding carboxylic acids is 1. The zero-order valence-electron chi connectivity index (χ0n) is 11.3. The number of nitrogens with two attached hydrogens (primary N) is 1. The maximum Gasteiger partial charge on any atom is 0.340 e. The van der Waals surface area contributed by atoms with Crippen LogP contribution in [0.5, 0.6) is 0 Å². The van der Waals surface area contributed by atoms with Crippen molar-refractivity contribution in [1.29, 1.82) is 0 Å². The SMILES string of the molecule is COC(=O)c1cccc(N)c1NCCc1cccnc1. The molecule has 104 valence electrons. The molecular formula is C15H17N3O2. The molecule has 0 atom stereocenters. The van der Waals surface area contributed by atoms with Crippen molar-refractivity contribution in [2.75, 3.05) is 24.7 Å². The van der Waals surface area contributed by atoms with Crippen molar-refractivity contribution in [2.24, 2.45) is 0 Å². The van der Waals surface area contributed by atoms with E-state index in [4.69, 9.17) is 10.5 Å². The predicted molar refractivity (Wildman–Crippen MR) is 78.6 cm³/mol. The molecule has 5 nitrogen and oxygen atoms in total. The van der Waals surface area contributed by atoms with Crippen LogP contribution in [0.3, 0.4) is 0 Å². The van der Waals surface area contributed by atoms with E-state index in [1.807, 2.05) is 18.3 Å². The number of hydrogen-bond donors (Lipinski definition) is 2. The Bertz CT molecular complexity index is 585. The number of methoxy groups -OCH3 is 1.